The fraction of sp³-hybridized carbons (Fsp3) is 0.182. The summed E-state index contributed by atoms with van der Waals surface area (Å²) in [6, 6.07) is 15.5. The summed E-state index contributed by atoms with van der Waals surface area (Å²) in [4.78, 5) is 23.6. The Hall–Kier alpha value is -3.54. The number of nitrogens with one attached hydrogen (secondary N) is 1. The third kappa shape index (κ3) is 4.06. The van der Waals surface area contributed by atoms with Gasteiger partial charge in [0.2, 0.25) is 5.76 Å². The first-order valence-corrected chi connectivity index (χ1v) is 8.82. The quantitative estimate of drug-likeness (QED) is 0.627. The van der Waals surface area contributed by atoms with E-state index in [1.54, 1.807) is 36.4 Å². The number of carbonyl (C=O) groups is 2. The molecule has 6 heteroatoms. The summed E-state index contributed by atoms with van der Waals surface area (Å²) in [5.74, 6) is -0.299. The average molecular weight is 379 g/mol. The van der Waals surface area contributed by atoms with E-state index in [9.17, 15) is 9.59 Å². The molecule has 0 bridgehead atoms. The third-order valence-electron chi connectivity index (χ3n) is 4.39. The van der Waals surface area contributed by atoms with E-state index >= 15 is 0 Å². The largest absolute Gasteiger partial charge is 0.495 e. The van der Waals surface area contributed by atoms with Crippen LogP contribution in [0.15, 0.2) is 59.0 Å². The Balaban J connectivity index is 1.87. The number of ether oxygens (including phenoxy) is 1. The van der Waals surface area contributed by atoms with E-state index in [2.05, 4.69) is 19.2 Å². The number of aromatic carboxylic acids is 1. The Morgan fingerprint density at radius 3 is 2.32 bits per heavy atom. The molecule has 1 amide bonds. The molecular weight excluding hydrogens is 358 g/mol. The number of amides is 1. The first-order valence-electron chi connectivity index (χ1n) is 8.82. The van der Waals surface area contributed by atoms with Crippen LogP contribution in [-0.4, -0.2) is 24.1 Å². The van der Waals surface area contributed by atoms with Gasteiger partial charge in [-0.05, 0) is 53.9 Å². The van der Waals surface area contributed by atoms with Crippen molar-refractivity contribution in [1.29, 1.82) is 0 Å². The molecule has 0 saturated carbocycles. The predicted molar refractivity (Wildman–Crippen MR) is 106 cm³/mol. The van der Waals surface area contributed by atoms with Gasteiger partial charge in [0.15, 0.2) is 0 Å². The molecule has 0 fully saturated rings. The SMILES string of the molecule is COc1ccc(-c2ccc(C(=O)O)o2)cc1NC(=O)c1ccc(C(C)C)cc1. The molecule has 6 nitrogen and oxygen atoms in total. The molecule has 1 aromatic heterocycles. The van der Waals surface area contributed by atoms with Gasteiger partial charge in [-0.25, -0.2) is 4.79 Å². The van der Waals surface area contributed by atoms with Crippen LogP contribution < -0.4 is 10.1 Å². The van der Waals surface area contributed by atoms with Crippen molar-refractivity contribution in [3.8, 4) is 17.1 Å². The second kappa shape index (κ2) is 8.00. The second-order valence-corrected chi connectivity index (χ2v) is 6.61. The highest BCUT2D eigenvalue weighted by molar-refractivity contribution is 6.05. The van der Waals surface area contributed by atoms with Gasteiger partial charge < -0.3 is 19.6 Å². The minimum atomic E-state index is -1.14. The maximum atomic E-state index is 12.6. The fourth-order valence-corrected chi connectivity index (χ4v) is 2.78. The van der Waals surface area contributed by atoms with Gasteiger partial charge in [0, 0.05) is 11.1 Å². The van der Waals surface area contributed by atoms with Crippen molar-refractivity contribution in [3.05, 3.63) is 71.5 Å². The molecule has 2 N–H and O–H groups in total. The van der Waals surface area contributed by atoms with Gasteiger partial charge in [-0.15, -0.1) is 0 Å². The lowest BCUT2D eigenvalue weighted by molar-refractivity contribution is 0.0663. The van der Waals surface area contributed by atoms with E-state index in [-0.39, 0.29) is 11.7 Å². The maximum absolute atomic E-state index is 12.6. The summed E-state index contributed by atoms with van der Waals surface area (Å²) in [5.41, 5.74) is 2.77. The van der Waals surface area contributed by atoms with Crippen LogP contribution in [0, 0.1) is 0 Å². The second-order valence-electron chi connectivity index (χ2n) is 6.61. The summed E-state index contributed by atoms with van der Waals surface area (Å²) >= 11 is 0. The van der Waals surface area contributed by atoms with Crippen LogP contribution >= 0.6 is 0 Å². The molecule has 0 aliphatic rings. The van der Waals surface area contributed by atoms with Crippen molar-refractivity contribution in [3.63, 3.8) is 0 Å². The number of carboxylic acids is 1. The highest BCUT2D eigenvalue weighted by atomic mass is 16.5. The van der Waals surface area contributed by atoms with E-state index in [0.29, 0.717) is 34.2 Å². The van der Waals surface area contributed by atoms with Crippen LogP contribution in [0.3, 0.4) is 0 Å². The molecule has 1 heterocycles. The first kappa shape index (κ1) is 19.2. The molecule has 0 atom stereocenters. The van der Waals surface area contributed by atoms with Crippen molar-refractivity contribution in [1.82, 2.24) is 0 Å². The lowest BCUT2D eigenvalue weighted by Crippen LogP contribution is -2.12. The molecule has 0 spiro atoms. The number of benzene rings is 2. The van der Waals surface area contributed by atoms with Crippen molar-refractivity contribution >= 4 is 17.6 Å². The first-order chi connectivity index (χ1) is 13.4. The average Bonchev–Trinajstić information content (AvgIpc) is 3.18. The van der Waals surface area contributed by atoms with Crippen LogP contribution in [0.25, 0.3) is 11.3 Å². The highest BCUT2D eigenvalue weighted by Crippen LogP contribution is 2.32. The Morgan fingerprint density at radius 1 is 1.04 bits per heavy atom. The van der Waals surface area contributed by atoms with E-state index in [1.807, 2.05) is 12.1 Å². The minimum absolute atomic E-state index is 0.151. The van der Waals surface area contributed by atoms with Crippen molar-refractivity contribution in [2.75, 3.05) is 12.4 Å². The van der Waals surface area contributed by atoms with Gasteiger partial charge in [-0.1, -0.05) is 26.0 Å². The minimum Gasteiger partial charge on any atom is -0.495 e. The topological polar surface area (TPSA) is 88.8 Å². The molecule has 28 heavy (non-hydrogen) atoms. The third-order valence-corrected chi connectivity index (χ3v) is 4.39. The Bertz CT molecular complexity index is 1000. The highest BCUT2D eigenvalue weighted by Gasteiger charge is 2.15. The molecule has 0 radical (unpaired) electrons. The maximum Gasteiger partial charge on any atom is 0.371 e. The molecule has 3 aromatic rings. The monoisotopic (exact) mass is 379 g/mol. The normalized spacial score (nSPS) is 10.7. The molecule has 0 unspecified atom stereocenters. The Kier molecular flexibility index (Phi) is 5.49. The number of rotatable bonds is 6. The van der Waals surface area contributed by atoms with E-state index in [0.717, 1.165) is 5.56 Å². The van der Waals surface area contributed by atoms with E-state index in [4.69, 9.17) is 14.3 Å². The van der Waals surface area contributed by atoms with Gasteiger partial charge in [-0.3, -0.25) is 4.79 Å². The van der Waals surface area contributed by atoms with Crippen molar-refractivity contribution in [2.24, 2.45) is 0 Å². The lowest BCUT2D eigenvalue weighted by Gasteiger charge is -2.12. The fourth-order valence-electron chi connectivity index (χ4n) is 2.78. The van der Waals surface area contributed by atoms with Crippen LogP contribution in [0.5, 0.6) is 5.75 Å². The zero-order valence-electron chi connectivity index (χ0n) is 15.9. The zero-order valence-corrected chi connectivity index (χ0v) is 15.9. The van der Waals surface area contributed by atoms with Crippen LogP contribution in [0.4, 0.5) is 5.69 Å². The zero-order chi connectivity index (χ0) is 20.3. The number of hydrogen-bond acceptors (Lipinski definition) is 4. The molecule has 0 aliphatic heterocycles. The molecule has 0 saturated heterocycles. The summed E-state index contributed by atoms with van der Waals surface area (Å²) in [5, 5.41) is 11.9. The molecule has 0 aliphatic carbocycles. The summed E-state index contributed by atoms with van der Waals surface area (Å²) in [6.45, 7) is 4.19. The van der Waals surface area contributed by atoms with Gasteiger partial charge in [0.1, 0.15) is 11.5 Å². The Morgan fingerprint density at radius 2 is 1.75 bits per heavy atom. The van der Waals surface area contributed by atoms with Crippen LogP contribution in [0.1, 0.15) is 46.2 Å². The standard InChI is InChI=1S/C22H21NO5/c1-13(2)14-4-6-15(7-5-14)21(24)23-17-12-16(8-9-19(17)27-3)18-10-11-20(28-18)22(25)26/h4-13H,1-3H3,(H,23,24)(H,25,26). The number of furan rings is 1. The molecule has 2 aromatic carbocycles. The van der Waals surface area contributed by atoms with Crippen molar-refractivity contribution < 1.29 is 23.8 Å². The number of anilines is 1. The molecule has 144 valence electrons. The van der Waals surface area contributed by atoms with Crippen LogP contribution in [0.2, 0.25) is 0 Å². The van der Waals surface area contributed by atoms with Crippen LogP contribution in [-0.2, 0) is 0 Å². The van der Waals surface area contributed by atoms with E-state index in [1.165, 1.54) is 13.2 Å². The lowest BCUT2D eigenvalue weighted by atomic mass is 10.0. The summed E-state index contributed by atoms with van der Waals surface area (Å²) < 4.78 is 10.7. The van der Waals surface area contributed by atoms with Gasteiger partial charge in [-0.2, -0.15) is 0 Å². The Labute approximate surface area is 162 Å². The smallest absolute Gasteiger partial charge is 0.371 e. The number of hydrogen-bond donors (Lipinski definition) is 2. The van der Waals surface area contributed by atoms with E-state index < -0.39 is 5.97 Å². The van der Waals surface area contributed by atoms with Gasteiger partial charge in [0.05, 0.1) is 12.8 Å². The van der Waals surface area contributed by atoms with Gasteiger partial charge in [0.25, 0.3) is 5.91 Å². The summed E-state index contributed by atoms with van der Waals surface area (Å²) in [6.07, 6.45) is 0. The predicted octanol–water partition coefficient (Wildman–Crippen LogP) is 5.03. The summed E-state index contributed by atoms with van der Waals surface area (Å²) in [7, 11) is 1.51. The van der Waals surface area contributed by atoms with Crippen molar-refractivity contribution in [2.45, 2.75) is 19.8 Å². The number of carbonyl (C=O) groups excluding carboxylic acids is 1. The molecule has 3 rings (SSSR count). The number of carboxylic acid groups (broad SMARTS) is 1. The molecular formula is C22H21NO5. The van der Waals surface area contributed by atoms with Gasteiger partial charge >= 0.3 is 5.97 Å². The number of methoxy groups -OCH3 is 1.